The quantitative estimate of drug-likeness (QED) is 0.899. The van der Waals surface area contributed by atoms with Gasteiger partial charge in [0.15, 0.2) is 0 Å². The minimum Gasteiger partial charge on any atom is -0.388 e. The number of aromatic nitrogens is 2. The van der Waals surface area contributed by atoms with E-state index in [-0.39, 0.29) is 5.82 Å². The fraction of sp³-hybridized carbons (Fsp3) is 0.400. The number of imidazole rings is 1. The monoisotopic (exact) mass is 262 g/mol. The van der Waals surface area contributed by atoms with Crippen LogP contribution in [0.4, 0.5) is 4.39 Å². The molecule has 3 nitrogen and oxygen atoms in total. The highest BCUT2D eigenvalue weighted by molar-refractivity contribution is 5.26. The van der Waals surface area contributed by atoms with E-state index in [4.69, 9.17) is 0 Å². The van der Waals surface area contributed by atoms with Gasteiger partial charge in [0, 0.05) is 30.9 Å². The lowest BCUT2D eigenvalue weighted by molar-refractivity contribution is 0.169. The van der Waals surface area contributed by atoms with Gasteiger partial charge in [-0.05, 0) is 19.4 Å². The Morgan fingerprint density at radius 1 is 1.42 bits per heavy atom. The van der Waals surface area contributed by atoms with Crippen LogP contribution in [0.5, 0.6) is 0 Å². The molecule has 1 N–H and O–H groups in total. The van der Waals surface area contributed by atoms with Crippen molar-refractivity contribution in [2.75, 3.05) is 0 Å². The molecule has 1 heterocycles. The van der Waals surface area contributed by atoms with Gasteiger partial charge in [0.1, 0.15) is 11.6 Å². The summed E-state index contributed by atoms with van der Waals surface area (Å²) in [4.78, 5) is 4.23. The van der Waals surface area contributed by atoms with E-state index in [1.54, 1.807) is 18.3 Å². The first-order valence-corrected chi connectivity index (χ1v) is 6.56. The number of aliphatic hydroxyl groups is 1. The average molecular weight is 262 g/mol. The van der Waals surface area contributed by atoms with E-state index in [1.807, 2.05) is 17.7 Å². The van der Waals surface area contributed by atoms with E-state index in [0.717, 1.165) is 24.4 Å². The summed E-state index contributed by atoms with van der Waals surface area (Å²) in [7, 11) is 0. The largest absolute Gasteiger partial charge is 0.388 e. The van der Waals surface area contributed by atoms with Gasteiger partial charge in [-0.2, -0.15) is 0 Å². The molecule has 0 radical (unpaired) electrons. The first-order chi connectivity index (χ1) is 9.11. The van der Waals surface area contributed by atoms with Crippen LogP contribution >= 0.6 is 0 Å². The zero-order chi connectivity index (χ0) is 13.8. The second-order valence-corrected chi connectivity index (χ2v) is 4.78. The second-order valence-electron chi connectivity index (χ2n) is 4.78. The molecule has 1 aromatic heterocycles. The first-order valence-electron chi connectivity index (χ1n) is 6.56. The SMILES string of the molecule is CCCn1ccnc1CC(O)c1cc(C)ccc1F. The van der Waals surface area contributed by atoms with Crippen molar-refractivity contribution in [1.29, 1.82) is 0 Å². The molecule has 19 heavy (non-hydrogen) atoms. The molecule has 1 unspecified atom stereocenters. The Bertz CT molecular complexity index is 551. The van der Waals surface area contributed by atoms with Gasteiger partial charge in [-0.3, -0.25) is 0 Å². The zero-order valence-electron chi connectivity index (χ0n) is 11.3. The van der Waals surface area contributed by atoms with Crippen LogP contribution in [0, 0.1) is 12.7 Å². The topological polar surface area (TPSA) is 38.0 Å². The van der Waals surface area contributed by atoms with E-state index < -0.39 is 6.10 Å². The van der Waals surface area contributed by atoms with Gasteiger partial charge >= 0.3 is 0 Å². The average Bonchev–Trinajstić information content (AvgIpc) is 2.80. The Morgan fingerprint density at radius 3 is 2.95 bits per heavy atom. The Balaban J connectivity index is 2.18. The molecule has 0 aliphatic rings. The molecule has 102 valence electrons. The summed E-state index contributed by atoms with van der Waals surface area (Å²) in [6.07, 6.45) is 4.06. The lowest BCUT2D eigenvalue weighted by atomic mass is 10.0. The molecule has 0 spiro atoms. The molecule has 0 saturated heterocycles. The Labute approximate surface area is 112 Å². The molecule has 1 atom stereocenters. The third kappa shape index (κ3) is 3.20. The van der Waals surface area contributed by atoms with Crippen LogP contribution in [0.1, 0.15) is 36.4 Å². The molecule has 0 aliphatic carbocycles. The summed E-state index contributed by atoms with van der Waals surface area (Å²) in [5.41, 5.74) is 1.28. The molecule has 4 heteroatoms. The van der Waals surface area contributed by atoms with Gasteiger partial charge in [0.05, 0.1) is 6.10 Å². The van der Waals surface area contributed by atoms with Crippen LogP contribution in [-0.2, 0) is 13.0 Å². The van der Waals surface area contributed by atoms with Gasteiger partial charge in [0.25, 0.3) is 0 Å². The highest BCUT2D eigenvalue weighted by atomic mass is 19.1. The molecule has 0 fully saturated rings. The summed E-state index contributed by atoms with van der Waals surface area (Å²) in [6.45, 7) is 4.83. The number of halogens is 1. The zero-order valence-corrected chi connectivity index (χ0v) is 11.3. The standard InChI is InChI=1S/C15H19FN2O/c1-3-7-18-8-6-17-15(18)10-14(19)12-9-11(2)4-5-13(12)16/h4-6,8-9,14,19H,3,7,10H2,1-2H3. The summed E-state index contributed by atoms with van der Waals surface area (Å²) < 4.78 is 15.7. The molecule has 0 amide bonds. The fourth-order valence-corrected chi connectivity index (χ4v) is 2.18. The predicted octanol–water partition coefficient (Wildman–Crippen LogP) is 3.02. The number of rotatable bonds is 5. The van der Waals surface area contributed by atoms with Gasteiger partial charge in [-0.15, -0.1) is 0 Å². The molecule has 0 bridgehead atoms. The van der Waals surface area contributed by atoms with E-state index in [0.29, 0.717) is 12.0 Å². The number of hydrogen-bond donors (Lipinski definition) is 1. The molecule has 1 aromatic carbocycles. The highest BCUT2D eigenvalue weighted by Gasteiger charge is 2.16. The number of aliphatic hydroxyl groups excluding tert-OH is 1. The third-order valence-corrected chi connectivity index (χ3v) is 3.15. The maximum atomic E-state index is 13.7. The lowest BCUT2D eigenvalue weighted by Gasteiger charge is -2.13. The van der Waals surface area contributed by atoms with E-state index >= 15 is 0 Å². The number of hydrogen-bond acceptors (Lipinski definition) is 2. The number of benzene rings is 1. The third-order valence-electron chi connectivity index (χ3n) is 3.15. The minimum atomic E-state index is -0.863. The maximum Gasteiger partial charge on any atom is 0.129 e. The first kappa shape index (κ1) is 13.7. The molecular weight excluding hydrogens is 243 g/mol. The van der Waals surface area contributed by atoms with Crippen molar-refractivity contribution < 1.29 is 9.50 Å². The van der Waals surface area contributed by atoms with Crippen molar-refractivity contribution in [2.24, 2.45) is 0 Å². The smallest absolute Gasteiger partial charge is 0.129 e. The molecule has 0 aliphatic heterocycles. The number of nitrogens with zero attached hydrogens (tertiary/aromatic N) is 2. The van der Waals surface area contributed by atoms with Crippen LogP contribution in [0.2, 0.25) is 0 Å². The predicted molar refractivity (Wildman–Crippen MR) is 72.3 cm³/mol. The summed E-state index contributed by atoms with van der Waals surface area (Å²) in [6, 6.07) is 4.78. The van der Waals surface area contributed by atoms with Crippen molar-refractivity contribution in [2.45, 2.75) is 39.3 Å². The van der Waals surface area contributed by atoms with Crippen LogP contribution < -0.4 is 0 Å². The number of aryl methyl sites for hydroxylation is 2. The van der Waals surface area contributed by atoms with E-state index in [9.17, 15) is 9.50 Å². The van der Waals surface area contributed by atoms with Gasteiger partial charge in [-0.25, -0.2) is 9.37 Å². The van der Waals surface area contributed by atoms with Gasteiger partial charge < -0.3 is 9.67 Å². The van der Waals surface area contributed by atoms with Gasteiger partial charge in [0.2, 0.25) is 0 Å². The fourth-order valence-electron chi connectivity index (χ4n) is 2.18. The summed E-state index contributed by atoms with van der Waals surface area (Å²) in [5, 5.41) is 10.2. The van der Waals surface area contributed by atoms with Crippen molar-refractivity contribution in [3.8, 4) is 0 Å². The van der Waals surface area contributed by atoms with Crippen LogP contribution in [-0.4, -0.2) is 14.7 Å². The van der Waals surface area contributed by atoms with Crippen LogP contribution in [0.15, 0.2) is 30.6 Å². The molecule has 2 aromatic rings. The summed E-state index contributed by atoms with van der Waals surface area (Å²) >= 11 is 0. The van der Waals surface area contributed by atoms with Crippen molar-refractivity contribution in [3.05, 3.63) is 53.4 Å². The Morgan fingerprint density at radius 2 is 2.21 bits per heavy atom. The minimum absolute atomic E-state index is 0.327. The highest BCUT2D eigenvalue weighted by Crippen LogP contribution is 2.22. The summed E-state index contributed by atoms with van der Waals surface area (Å²) in [5.74, 6) is 0.418. The van der Waals surface area contributed by atoms with Crippen LogP contribution in [0.25, 0.3) is 0 Å². The van der Waals surface area contributed by atoms with E-state index in [1.165, 1.54) is 6.07 Å². The van der Waals surface area contributed by atoms with Crippen molar-refractivity contribution >= 4 is 0 Å². The second kappa shape index (κ2) is 5.97. The normalized spacial score (nSPS) is 12.6. The van der Waals surface area contributed by atoms with Crippen LogP contribution in [0.3, 0.4) is 0 Å². The molecule has 0 saturated carbocycles. The molecular formula is C15H19FN2O. The van der Waals surface area contributed by atoms with Crippen molar-refractivity contribution in [1.82, 2.24) is 9.55 Å². The van der Waals surface area contributed by atoms with Crippen molar-refractivity contribution in [3.63, 3.8) is 0 Å². The Hall–Kier alpha value is -1.68. The molecule has 2 rings (SSSR count). The Kier molecular flexibility index (Phi) is 4.32. The van der Waals surface area contributed by atoms with Gasteiger partial charge in [-0.1, -0.05) is 24.6 Å². The maximum absolute atomic E-state index is 13.7. The van der Waals surface area contributed by atoms with E-state index in [2.05, 4.69) is 11.9 Å². The lowest BCUT2D eigenvalue weighted by Crippen LogP contribution is -2.10.